The van der Waals surface area contributed by atoms with Gasteiger partial charge in [-0.25, -0.2) is 14.6 Å². The fourth-order valence-corrected chi connectivity index (χ4v) is 2.06. The van der Waals surface area contributed by atoms with E-state index in [1.54, 1.807) is 17.1 Å². The van der Waals surface area contributed by atoms with Crippen LogP contribution in [0.5, 0.6) is 11.6 Å². The predicted molar refractivity (Wildman–Crippen MR) is 79.9 cm³/mol. The van der Waals surface area contributed by atoms with Crippen LogP contribution in [0.1, 0.15) is 17.0 Å². The van der Waals surface area contributed by atoms with Gasteiger partial charge in [-0.1, -0.05) is 18.2 Å². The molecule has 0 saturated heterocycles. The zero-order chi connectivity index (χ0) is 14.8. The van der Waals surface area contributed by atoms with E-state index in [0.717, 1.165) is 22.7 Å². The zero-order valence-corrected chi connectivity index (χ0v) is 12.2. The molecule has 0 unspecified atom stereocenters. The molecule has 0 saturated carbocycles. The van der Waals surface area contributed by atoms with E-state index < -0.39 is 0 Å². The molecule has 0 amide bonds. The van der Waals surface area contributed by atoms with Gasteiger partial charge in [-0.05, 0) is 38.5 Å². The van der Waals surface area contributed by atoms with Crippen LogP contribution in [0.4, 0.5) is 0 Å². The maximum Gasteiger partial charge on any atom is 0.265 e. The van der Waals surface area contributed by atoms with Crippen molar-refractivity contribution in [1.29, 1.82) is 0 Å². The van der Waals surface area contributed by atoms with Gasteiger partial charge in [-0.2, -0.15) is 5.10 Å². The maximum absolute atomic E-state index is 5.83. The van der Waals surface area contributed by atoms with E-state index in [1.807, 2.05) is 51.1 Å². The topological polar surface area (TPSA) is 52.8 Å². The number of hydrogen-bond donors (Lipinski definition) is 0. The largest absolute Gasteiger partial charge is 0.436 e. The second-order valence-corrected chi connectivity index (χ2v) is 4.81. The van der Waals surface area contributed by atoms with Crippen molar-refractivity contribution in [3.63, 3.8) is 0 Å². The van der Waals surface area contributed by atoms with E-state index >= 15 is 0 Å². The highest BCUT2D eigenvalue weighted by Gasteiger charge is 2.15. The Morgan fingerprint density at radius 3 is 2.33 bits per heavy atom. The molecule has 21 heavy (non-hydrogen) atoms. The van der Waals surface area contributed by atoms with Crippen LogP contribution in [0.2, 0.25) is 0 Å². The van der Waals surface area contributed by atoms with E-state index in [0.29, 0.717) is 11.7 Å². The number of aromatic nitrogens is 4. The second kappa shape index (κ2) is 5.36. The Balaban J connectivity index is 2.06. The highest BCUT2D eigenvalue weighted by atomic mass is 16.5. The van der Waals surface area contributed by atoms with Crippen LogP contribution >= 0.6 is 0 Å². The molecule has 5 heteroatoms. The van der Waals surface area contributed by atoms with Gasteiger partial charge in [0.25, 0.3) is 5.88 Å². The van der Waals surface area contributed by atoms with Crippen molar-refractivity contribution in [2.75, 3.05) is 0 Å². The van der Waals surface area contributed by atoms with Crippen LogP contribution in [-0.4, -0.2) is 19.7 Å². The first-order valence-corrected chi connectivity index (χ1v) is 6.74. The minimum Gasteiger partial charge on any atom is -0.436 e. The number of ether oxygens (including phenoxy) is 1. The van der Waals surface area contributed by atoms with Gasteiger partial charge in [0, 0.05) is 18.1 Å². The third-order valence-electron chi connectivity index (χ3n) is 3.46. The summed E-state index contributed by atoms with van der Waals surface area (Å²) >= 11 is 0. The minimum absolute atomic E-state index is 0.439. The lowest BCUT2D eigenvalue weighted by Crippen LogP contribution is -2.05. The molecule has 0 bridgehead atoms. The minimum atomic E-state index is 0.439. The van der Waals surface area contributed by atoms with E-state index in [4.69, 9.17) is 4.74 Å². The summed E-state index contributed by atoms with van der Waals surface area (Å²) in [5.74, 6) is 1.75. The van der Waals surface area contributed by atoms with Crippen molar-refractivity contribution in [2.45, 2.75) is 20.8 Å². The molecule has 2 aromatic heterocycles. The summed E-state index contributed by atoms with van der Waals surface area (Å²) in [6.45, 7) is 6.03. The van der Waals surface area contributed by atoms with Crippen LogP contribution in [0, 0.1) is 20.8 Å². The van der Waals surface area contributed by atoms with Crippen molar-refractivity contribution in [1.82, 2.24) is 19.7 Å². The lowest BCUT2D eigenvalue weighted by Gasteiger charge is -2.10. The molecule has 0 aliphatic rings. The molecule has 106 valence electrons. The standard InChI is InChI=1S/C16H16N4O/c1-11-12(2)19-20(13(11)3)15-16(18-10-9-17-15)21-14-7-5-4-6-8-14/h4-10H,1-3H3. The Morgan fingerprint density at radius 1 is 0.952 bits per heavy atom. The van der Waals surface area contributed by atoms with Crippen molar-refractivity contribution >= 4 is 0 Å². The van der Waals surface area contributed by atoms with E-state index in [-0.39, 0.29) is 0 Å². The first-order valence-electron chi connectivity index (χ1n) is 6.74. The highest BCUT2D eigenvalue weighted by Crippen LogP contribution is 2.25. The predicted octanol–water partition coefficient (Wildman–Crippen LogP) is 3.38. The first kappa shape index (κ1) is 13.3. The summed E-state index contributed by atoms with van der Waals surface area (Å²) in [5, 5.41) is 4.52. The third kappa shape index (κ3) is 2.50. The Morgan fingerprint density at radius 2 is 1.67 bits per heavy atom. The number of rotatable bonds is 3. The molecule has 0 N–H and O–H groups in total. The molecule has 2 heterocycles. The molecule has 0 radical (unpaired) electrons. The molecule has 0 spiro atoms. The third-order valence-corrected chi connectivity index (χ3v) is 3.46. The summed E-state index contributed by atoms with van der Waals surface area (Å²) in [6.07, 6.45) is 3.25. The molecule has 1 aromatic carbocycles. The van der Waals surface area contributed by atoms with Gasteiger partial charge < -0.3 is 4.74 Å². The quantitative estimate of drug-likeness (QED) is 0.738. The van der Waals surface area contributed by atoms with Crippen molar-refractivity contribution in [2.24, 2.45) is 0 Å². The molecule has 3 aromatic rings. The molecule has 3 rings (SSSR count). The normalized spacial score (nSPS) is 10.6. The summed E-state index contributed by atoms with van der Waals surface area (Å²) in [6, 6.07) is 9.53. The number of hydrogen-bond acceptors (Lipinski definition) is 4. The monoisotopic (exact) mass is 280 g/mol. The molecule has 0 fully saturated rings. The van der Waals surface area contributed by atoms with Gasteiger partial charge in [-0.15, -0.1) is 0 Å². The van der Waals surface area contributed by atoms with Gasteiger partial charge >= 0.3 is 0 Å². The van der Waals surface area contributed by atoms with E-state index in [2.05, 4.69) is 15.1 Å². The van der Waals surface area contributed by atoms with E-state index in [9.17, 15) is 0 Å². The fraction of sp³-hybridized carbons (Fsp3) is 0.188. The summed E-state index contributed by atoms with van der Waals surface area (Å²) in [4.78, 5) is 8.66. The Hall–Kier alpha value is -2.69. The Kier molecular flexibility index (Phi) is 3.39. The number of benzene rings is 1. The van der Waals surface area contributed by atoms with Crippen molar-refractivity contribution < 1.29 is 4.74 Å². The highest BCUT2D eigenvalue weighted by molar-refractivity contribution is 5.40. The number of para-hydroxylation sites is 1. The number of aryl methyl sites for hydroxylation is 1. The SMILES string of the molecule is Cc1nn(-c2nccnc2Oc2ccccc2)c(C)c1C. The van der Waals surface area contributed by atoms with Crippen molar-refractivity contribution in [3.8, 4) is 17.4 Å². The zero-order valence-electron chi connectivity index (χ0n) is 12.2. The van der Waals surface area contributed by atoms with Crippen molar-refractivity contribution in [3.05, 3.63) is 59.7 Å². The first-order chi connectivity index (χ1) is 10.2. The van der Waals surface area contributed by atoms with Gasteiger partial charge in [0.15, 0.2) is 0 Å². The van der Waals surface area contributed by atoms with Gasteiger partial charge in [0.05, 0.1) is 5.69 Å². The van der Waals surface area contributed by atoms with Crippen LogP contribution < -0.4 is 4.74 Å². The lowest BCUT2D eigenvalue weighted by molar-refractivity contribution is 0.454. The van der Waals surface area contributed by atoms with Gasteiger partial charge in [0.2, 0.25) is 5.82 Å². The summed E-state index contributed by atoms with van der Waals surface area (Å²) in [7, 11) is 0. The smallest absolute Gasteiger partial charge is 0.265 e. The molecule has 5 nitrogen and oxygen atoms in total. The molecule has 0 aliphatic heterocycles. The molecular weight excluding hydrogens is 264 g/mol. The summed E-state index contributed by atoms with van der Waals surface area (Å²) < 4.78 is 7.61. The lowest BCUT2D eigenvalue weighted by atomic mass is 10.2. The fourth-order valence-electron chi connectivity index (χ4n) is 2.06. The van der Waals surface area contributed by atoms with Crippen LogP contribution in [0.15, 0.2) is 42.7 Å². The summed E-state index contributed by atoms with van der Waals surface area (Å²) in [5.41, 5.74) is 3.15. The Bertz CT molecular complexity index is 765. The van der Waals surface area contributed by atoms with E-state index in [1.165, 1.54) is 0 Å². The van der Waals surface area contributed by atoms with Crippen LogP contribution in [0.25, 0.3) is 5.82 Å². The average Bonchev–Trinajstić information content (AvgIpc) is 2.76. The maximum atomic E-state index is 5.83. The molecular formula is C16H16N4O. The molecule has 0 aliphatic carbocycles. The molecule has 0 atom stereocenters. The Labute approximate surface area is 123 Å². The number of nitrogens with zero attached hydrogens (tertiary/aromatic N) is 4. The average molecular weight is 280 g/mol. The van der Waals surface area contributed by atoms with Gasteiger partial charge in [0.1, 0.15) is 5.75 Å². The van der Waals surface area contributed by atoms with Crippen LogP contribution in [-0.2, 0) is 0 Å². The van der Waals surface area contributed by atoms with Gasteiger partial charge in [-0.3, -0.25) is 0 Å². The second-order valence-electron chi connectivity index (χ2n) is 4.81. The van der Waals surface area contributed by atoms with Crippen LogP contribution in [0.3, 0.4) is 0 Å².